The summed E-state index contributed by atoms with van der Waals surface area (Å²) in [6.45, 7) is 3.21. The summed E-state index contributed by atoms with van der Waals surface area (Å²) in [6, 6.07) is 15.5. The van der Waals surface area contributed by atoms with Crippen LogP contribution < -0.4 is 10.6 Å². The largest absolute Gasteiger partial charge is 0.465 e. The lowest BCUT2D eigenvalue weighted by Crippen LogP contribution is -2.18. The third kappa shape index (κ3) is 5.64. The number of aryl methyl sites for hydroxylation is 1. The Bertz CT molecular complexity index is 1280. The molecule has 8 nitrogen and oxygen atoms in total. The minimum atomic E-state index is -0.371. The van der Waals surface area contributed by atoms with Crippen molar-refractivity contribution in [1.82, 2.24) is 19.6 Å². The molecule has 0 radical (unpaired) electrons. The van der Waals surface area contributed by atoms with Gasteiger partial charge in [0, 0.05) is 12.4 Å². The zero-order valence-corrected chi connectivity index (χ0v) is 19.2. The number of hydrogen-bond acceptors (Lipinski definition) is 5. The summed E-state index contributed by atoms with van der Waals surface area (Å²) in [5.41, 5.74) is 5.31. The minimum Gasteiger partial charge on any atom is -0.465 e. The number of carbonyl (C=O) groups excluding carboxylic acids is 1. The van der Waals surface area contributed by atoms with Crippen molar-refractivity contribution in [3.63, 3.8) is 0 Å². The van der Waals surface area contributed by atoms with Gasteiger partial charge in [0.2, 0.25) is 0 Å². The number of benzene rings is 2. The number of thiocarbonyl (C=S) groups is 1. The molecular formula is C24H24N6O2S. The fourth-order valence-electron chi connectivity index (χ4n) is 3.43. The lowest BCUT2D eigenvalue weighted by Gasteiger charge is -2.08. The van der Waals surface area contributed by atoms with Gasteiger partial charge in [0.15, 0.2) is 5.11 Å². The van der Waals surface area contributed by atoms with Gasteiger partial charge in [-0.05, 0) is 41.9 Å². The van der Waals surface area contributed by atoms with Crippen LogP contribution in [0.2, 0.25) is 0 Å². The number of hydrogen-bond donors (Lipinski definition) is 2. The number of carbonyl (C=O) groups is 1. The Labute approximate surface area is 197 Å². The molecule has 0 spiro atoms. The zero-order valence-electron chi connectivity index (χ0n) is 18.4. The summed E-state index contributed by atoms with van der Waals surface area (Å²) in [5.74, 6) is -0.371. The number of methoxy groups -OCH3 is 1. The maximum absolute atomic E-state index is 12.0. The molecule has 2 aromatic carbocycles. The molecule has 9 heteroatoms. The highest BCUT2D eigenvalue weighted by molar-refractivity contribution is 7.80. The smallest absolute Gasteiger partial charge is 0.338 e. The average molecular weight is 461 g/mol. The Kier molecular flexibility index (Phi) is 6.80. The molecule has 4 rings (SSSR count). The van der Waals surface area contributed by atoms with Gasteiger partial charge in [-0.1, -0.05) is 42.5 Å². The topological polar surface area (TPSA) is 86.0 Å². The van der Waals surface area contributed by atoms with Crippen molar-refractivity contribution in [2.24, 2.45) is 0 Å². The van der Waals surface area contributed by atoms with Gasteiger partial charge in [-0.3, -0.25) is 9.36 Å². The first-order chi connectivity index (χ1) is 16.0. The van der Waals surface area contributed by atoms with Crippen molar-refractivity contribution in [3.05, 3.63) is 95.6 Å². The Balaban J connectivity index is 1.35. The standard InChI is InChI=1S/C24H24N6O2S/c1-17-7-3-4-8-18(17)13-29-15-20(11-25-29)27-24(33)28-21-12-26-30(16-21)14-19-9-5-6-10-22(19)23(31)32-2/h3-12,15-16H,13-14H2,1-2H3,(H2,27,28,33). The summed E-state index contributed by atoms with van der Waals surface area (Å²) in [5, 5.41) is 15.5. The second-order valence-corrected chi connectivity index (χ2v) is 7.92. The van der Waals surface area contributed by atoms with E-state index in [0.717, 1.165) is 16.9 Å². The molecule has 0 bridgehead atoms. The first-order valence-corrected chi connectivity index (χ1v) is 10.8. The zero-order chi connectivity index (χ0) is 23.2. The Morgan fingerprint density at radius 1 is 0.909 bits per heavy atom. The van der Waals surface area contributed by atoms with Crippen LogP contribution in [0.25, 0.3) is 0 Å². The molecule has 0 fully saturated rings. The quantitative estimate of drug-likeness (QED) is 0.317. The van der Waals surface area contributed by atoms with Crippen LogP contribution in [-0.4, -0.2) is 37.8 Å². The molecule has 0 aliphatic rings. The van der Waals surface area contributed by atoms with E-state index in [4.69, 9.17) is 17.0 Å². The summed E-state index contributed by atoms with van der Waals surface area (Å²) in [6.07, 6.45) is 7.15. The van der Waals surface area contributed by atoms with E-state index < -0.39 is 0 Å². The highest BCUT2D eigenvalue weighted by Gasteiger charge is 2.12. The fraction of sp³-hybridized carbons (Fsp3) is 0.167. The Morgan fingerprint density at radius 2 is 1.45 bits per heavy atom. The first-order valence-electron chi connectivity index (χ1n) is 10.4. The molecule has 168 valence electrons. The number of anilines is 2. The number of nitrogens with one attached hydrogen (secondary N) is 2. The van der Waals surface area contributed by atoms with Crippen molar-refractivity contribution in [2.45, 2.75) is 20.0 Å². The third-order valence-electron chi connectivity index (χ3n) is 5.13. The van der Waals surface area contributed by atoms with Crippen LogP contribution in [0.15, 0.2) is 73.3 Å². The van der Waals surface area contributed by atoms with Crippen LogP contribution in [0, 0.1) is 6.92 Å². The predicted molar refractivity (Wildman–Crippen MR) is 131 cm³/mol. The summed E-state index contributed by atoms with van der Waals surface area (Å²) >= 11 is 5.43. The van der Waals surface area contributed by atoms with Gasteiger partial charge in [0.05, 0.1) is 49.5 Å². The highest BCUT2D eigenvalue weighted by atomic mass is 32.1. The Hall–Kier alpha value is -3.98. The predicted octanol–water partition coefficient (Wildman–Crippen LogP) is 4.08. The number of aromatic nitrogens is 4. The van der Waals surface area contributed by atoms with E-state index in [1.165, 1.54) is 18.2 Å². The molecule has 0 unspecified atom stereocenters. The lowest BCUT2D eigenvalue weighted by atomic mass is 10.1. The monoisotopic (exact) mass is 460 g/mol. The van der Waals surface area contributed by atoms with Crippen molar-refractivity contribution >= 4 is 34.7 Å². The number of ether oxygens (including phenoxy) is 1. The van der Waals surface area contributed by atoms with Crippen molar-refractivity contribution < 1.29 is 9.53 Å². The van der Waals surface area contributed by atoms with Gasteiger partial charge in [0.25, 0.3) is 0 Å². The van der Waals surface area contributed by atoms with E-state index in [9.17, 15) is 4.79 Å². The molecule has 4 aromatic rings. The molecule has 0 aliphatic carbocycles. The van der Waals surface area contributed by atoms with Crippen LogP contribution >= 0.6 is 12.2 Å². The van der Waals surface area contributed by atoms with Crippen molar-refractivity contribution in [1.29, 1.82) is 0 Å². The second-order valence-electron chi connectivity index (χ2n) is 7.51. The molecule has 0 amide bonds. The second kappa shape index (κ2) is 10.1. The van der Waals surface area contributed by atoms with E-state index in [1.54, 1.807) is 29.2 Å². The maximum atomic E-state index is 12.0. The summed E-state index contributed by atoms with van der Waals surface area (Å²) in [4.78, 5) is 12.0. The molecule has 0 atom stereocenters. The molecule has 0 saturated carbocycles. The van der Waals surface area contributed by atoms with E-state index in [1.807, 2.05) is 41.3 Å². The van der Waals surface area contributed by atoms with Gasteiger partial charge in [0.1, 0.15) is 0 Å². The molecular weight excluding hydrogens is 436 g/mol. The average Bonchev–Trinajstić information content (AvgIpc) is 3.44. The molecule has 2 aromatic heterocycles. The van der Waals surface area contributed by atoms with E-state index >= 15 is 0 Å². The number of esters is 1. The van der Waals surface area contributed by atoms with E-state index in [2.05, 4.69) is 39.9 Å². The molecule has 0 aliphatic heterocycles. The molecule has 0 saturated heterocycles. The van der Waals surface area contributed by atoms with Crippen LogP contribution in [0.1, 0.15) is 27.0 Å². The SMILES string of the molecule is COC(=O)c1ccccc1Cn1cc(NC(=S)Nc2cnn(Cc3ccccc3C)c2)cn1. The van der Waals surface area contributed by atoms with Crippen molar-refractivity contribution in [3.8, 4) is 0 Å². The van der Waals surface area contributed by atoms with Gasteiger partial charge in [-0.25, -0.2) is 4.79 Å². The normalized spacial score (nSPS) is 10.6. The molecule has 33 heavy (non-hydrogen) atoms. The van der Waals surface area contributed by atoms with Crippen LogP contribution in [0.3, 0.4) is 0 Å². The minimum absolute atomic E-state index is 0.371. The Morgan fingerprint density at radius 3 is 2.06 bits per heavy atom. The molecule has 2 heterocycles. The van der Waals surface area contributed by atoms with Gasteiger partial charge in [-0.15, -0.1) is 0 Å². The molecule has 2 N–H and O–H groups in total. The van der Waals surface area contributed by atoms with Crippen molar-refractivity contribution in [2.75, 3.05) is 17.7 Å². The van der Waals surface area contributed by atoms with Crippen LogP contribution in [0.5, 0.6) is 0 Å². The van der Waals surface area contributed by atoms with Gasteiger partial charge >= 0.3 is 5.97 Å². The van der Waals surface area contributed by atoms with Crippen LogP contribution in [0.4, 0.5) is 11.4 Å². The van der Waals surface area contributed by atoms with Gasteiger partial charge in [-0.2, -0.15) is 10.2 Å². The highest BCUT2D eigenvalue weighted by Crippen LogP contribution is 2.15. The van der Waals surface area contributed by atoms with E-state index in [-0.39, 0.29) is 5.97 Å². The summed E-state index contributed by atoms with van der Waals surface area (Å²) in [7, 11) is 1.37. The third-order valence-corrected chi connectivity index (χ3v) is 5.33. The fourth-order valence-corrected chi connectivity index (χ4v) is 3.66. The lowest BCUT2D eigenvalue weighted by molar-refractivity contribution is 0.0599. The number of nitrogens with zero attached hydrogens (tertiary/aromatic N) is 4. The number of rotatable bonds is 7. The summed E-state index contributed by atoms with van der Waals surface area (Å²) < 4.78 is 8.45. The first kappa shape index (κ1) is 22.2. The van der Waals surface area contributed by atoms with Gasteiger partial charge < -0.3 is 15.4 Å². The van der Waals surface area contributed by atoms with Crippen LogP contribution in [-0.2, 0) is 17.8 Å². The van der Waals surface area contributed by atoms with E-state index in [0.29, 0.717) is 23.8 Å². The maximum Gasteiger partial charge on any atom is 0.338 e.